The molecule has 110 valence electrons. The normalized spacial score (nSPS) is 12.2. The SMILES string of the molecule is CC(C)CNCC(=Cc1ccccc1[N+](=O)[O-])C(C)C. The first-order valence-electron chi connectivity index (χ1n) is 7.06. The molecule has 0 radical (unpaired) electrons. The van der Waals surface area contributed by atoms with Crippen molar-refractivity contribution >= 4 is 11.8 Å². The van der Waals surface area contributed by atoms with E-state index in [1.807, 2.05) is 12.1 Å². The van der Waals surface area contributed by atoms with Crippen LogP contribution < -0.4 is 5.32 Å². The molecule has 1 aromatic rings. The molecule has 0 aromatic heterocycles. The van der Waals surface area contributed by atoms with Crippen LogP contribution in [0.4, 0.5) is 5.69 Å². The van der Waals surface area contributed by atoms with Gasteiger partial charge in [-0.05, 0) is 30.5 Å². The predicted molar refractivity (Wildman–Crippen MR) is 83.6 cm³/mol. The van der Waals surface area contributed by atoms with E-state index in [4.69, 9.17) is 0 Å². The zero-order valence-corrected chi connectivity index (χ0v) is 12.7. The number of nitro benzene ring substituents is 1. The fourth-order valence-corrected chi connectivity index (χ4v) is 1.90. The summed E-state index contributed by atoms with van der Waals surface area (Å²) >= 11 is 0. The standard InChI is InChI=1S/C16H24N2O2/c1-12(2)10-17-11-15(13(3)4)9-14-7-5-6-8-16(14)18(19)20/h5-9,12-13,17H,10-11H2,1-4H3. The van der Waals surface area contributed by atoms with Gasteiger partial charge in [0.2, 0.25) is 0 Å². The summed E-state index contributed by atoms with van der Waals surface area (Å²) < 4.78 is 0. The van der Waals surface area contributed by atoms with Crippen LogP contribution in [0.2, 0.25) is 0 Å². The summed E-state index contributed by atoms with van der Waals surface area (Å²) in [6.45, 7) is 10.2. The molecule has 20 heavy (non-hydrogen) atoms. The van der Waals surface area contributed by atoms with Crippen molar-refractivity contribution in [2.24, 2.45) is 11.8 Å². The number of benzene rings is 1. The third kappa shape index (κ3) is 5.13. The Bertz CT molecular complexity index is 479. The van der Waals surface area contributed by atoms with Crippen molar-refractivity contribution in [3.63, 3.8) is 0 Å². The topological polar surface area (TPSA) is 55.2 Å². The molecule has 0 amide bonds. The highest BCUT2D eigenvalue weighted by molar-refractivity contribution is 5.63. The summed E-state index contributed by atoms with van der Waals surface area (Å²) in [5.41, 5.74) is 2.02. The first kappa shape index (κ1) is 16.4. The van der Waals surface area contributed by atoms with Crippen LogP contribution in [0.5, 0.6) is 0 Å². The fourth-order valence-electron chi connectivity index (χ4n) is 1.90. The minimum absolute atomic E-state index is 0.162. The summed E-state index contributed by atoms with van der Waals surface area (Å²) in [7, 11) is 0. The first-order valence-corrected chi connectivity index (χ1v) is 7.06. The number of rotatable bonds is 7. The Morgan fingerprint density at radius 3 is 2.50 bits per heavy atom. The van der Waals surface area contributed by atoms with Gasteiger partial charge in [0.15, 0.2) is 0 Å². The summed E-state index contributed by atoms with van der Waals surface area (Å²) in [4.78, 5) is 10.7. The minimum Gasteiger partial charge on any atom is -0.313 e. The van der Waals surface area contributed by atoms with Gasteiger partial charge < -0.3 is 5.32 Å². The van der Waals surface area contributed by atoms with Gasteiger partial charge in [-0.25, -0.2) is 0 Å². The lowest BCUT2D eigenvalue weighted by Crippen LogP contribution is -2.23. The molecule has 0 aliphatic rings. The van der Waals surface area contributed by atoms with E-state index < -0.39 is 0 Å². The molecule has 4 heteroatoms. The zero-order valence-electron chi connectivity index (χ0n) is 12.7. The summed E-state index contributed by atoms with van der Waals surface area (Å²) in [6, 6.07) is 6.87. The van der Waals surface area contributed by atoms with Crippen LogP contribution in [-0.2, 0) is 0 Å². The van der Waals surface area contributed by atoms with Gasteiger partial charge in [0.05, 0.1) is 10.5 Å². The maximum atomic E-state index is 11.0. The Hall–Kier alpha value is -1.68. The van der Waals surface area contributed by atoms with Crippen molar-refractivity contribution in [1.29, 1.82) is 0 Å². The number of nitrogens with one attached hydrogen (secondary N) is 1. The smallest absolute Gasteiger partial charge is 0.276 e. The molecular formula is C16H24N2O2. The highest BCUT2D eigenvalue weighted by Crippen LogP contribution is 2.22. The van der Waals surface area contributed by atoms with Gasteiger partial charge in [0.1, 0.15) is 0 Å². The van der Waals surface area contributed by atoms with Crippen LogP contribution in [0.15, 0.2) is 29.8 Å². The second kappa shape index (κ2) is 7.80. The van der Waals surface area contributed by atoms with E-state index in [1.54, 1.807) is 18.2 Å². The molecule has 1 aromatic carbocycles. The molecular weight excluding hydrogens is 252 g/mol. The molecule has 0 bridgehead atoms. The van der Waals surface area contributed by atoms with Crippen molar-refractivity contribution in [1.82, 2.24) is 5.32 Å². The lowest BCUT2D eigenvalue weighted by atomic mass is 9.99. The number of nitrogens with zero attached hydrogens (tertiary/aromatic N) is 1. The van der Waals surface area contributed by atoms with E-state index in [-0.39, 0.29) is 10.6 Å². The zero-order chi connectivity index (χ0) is 15.1. The summed E-state index contributed by atoms with van der Waals surface area (Å²) in [5.74, 6) is 0.948. The molecule has 0 heterocycles. The van der Waals surface area contributed by atoms with Crippen molar-refractivity contribution in [3.8, 4) is 0 Å². The van der Waals surface area contributed by atoms with E-state index >= 15 is 0 Å². The third-order valence-electron chi connectivity index (χ3n) is 3.10. The third-order valence-corrected chi connectivity index (χ3v) is 3.10. The summed E-state index contributed by atoms with van der Waals surface area (Å²) in [6.07, 6.45) is 1.94. The van der Waals surface area contributed by atoms with Gasteiger partial charge in [-0.1, -0.05) is 45.4 Å². The van der Waals surface area contributed by atoms with Gasteiger partial charge in [-0.15, -0.1) is 0 Å². The Morgan fingerprint density at radius 2 is 1.95 bits per heavy atom. The number of hydrogen-bond donors (Lipinski definition) is 1. The Labute approximate surface area is 121 Å². The van der Waals surface area contributed by atoms with Gasteiger partial charge in [-0.3, -0.25) is 10.1 Å². The molecule has 0 unspecified atom stereocenters. The van der Waals surface area contributed by atoms with Crippen molar-refractivity contribution in [3.05, 3.63) is 45.5 Å². The van der Waals surface area contributed by atoms with Gasteiger partial charge in [0, 0.05) is 12.6 Å². The molecule has 0 spiro atoms. The van der Waals surface area contributed by atoms with Crippen molar-refractivity contribution in [2.45, 2.75) is 27.7 Å². The minimum atomic E-state index is -0.328. The number of nitro groups is 1. The molecule has 0 aliphatic heterocycles. The van der Waals surface area contributed by atoms with Crippen LogP contribution in [0.3, 0.4) is 0 Å². The molecule has 0 fully saturated rings. The average Bonchev–Trinajstić information content (AvgIpc) is 2.37. The predicted octanol–water partition coefficient (Wildman–Crippen LogP) is 3.88. The van der Waals surface area contributed by atoms with Gasteiger partial charge >= 0.3 is 0 Å². The monoisotopic (exact) mass is 276 g/mol. The molecule has 0 aliphatic carbocycles. The Kier molecular flexibility index (Phi) is 6.39. The van der Waals surface area contributed by atoms with Crippen LogP contribution in [0.25, 0.3) is 6.08 Å². The maximum Gasteiger partial charge on any atom is 0.276 e. The second-order valence-electron chi connectivity index (χ2n) is 5.71. The van der Waals surface area contributed by atoms with Crippen molar-refractivity contribution in [2.75, 3.05) is 13.1 Å². The van der Waals surface area contributed by atoms with Crippen LogP contribution in [0.1, 0.15) is 33.3 Å². The fraction of sp³-hybridized carbons (Fsp3) is 0.500. The van der Waals surface area contributed by atoms with E-state index in [9.17, 15) is 10.1 Å². The Balaban J connectivity index is 2.94. The molecule has 1 rings (SSSR count). The largest absolute Gasteiger partial charge is 0.313 e. The van der Waals surface area contributed by atoms with E-state index in [2.05, 4.69) is 33.0 Å². The van der Waals surface area contributed by atoms with Crippen LogP contribution >= 0.6 is 0 Å². The maximum absolute atomic E-state index is 11.0. The average molecular weight is 276 g/mol. The molecule has 0 saturated heterocycles. The molecule has 0 saturated carbocycles. The summed E-state index contributed by atoms with van der Waals surface area (Å²) in [5, 5.41) is 14.4. The van der Waals surface area contributed by atoms with E-state index in [0.29, 0.717) is 17.4 Å². The highest BCUT2D eigenvalue weighted by atomic mass is 16.6. The highest BCUT2D eigenvalue weighted by Gasteiger charge is 2.12. The van der Waals surface area contributed by atoms with E-state index in [0.717, 1.165) is 13.1 Å². The molecule has 1 N–H and O–H groups in total. The number of hydrogen-bond acceptors (Lipinski definition) is 3. The van der Waals surface area contributed by atoms with Crippen LogP contribution in [-0.4, -0.2) is 18.0 Å². The van der Waals surface area contributed by atoms with Gasteiger partial charge in [-0.2, -0.15) is 0 Å². The second-order valence-corrected chi connectivity index (χ2v) is 5.71. The van der Waals surface area contributed by atoms with E-state index in [1.165, 1.54) is 5.57 Å². The first-order chi connectivity index (χ1) is 9.41. The number of para-hydroxylation sites is 1. The lowest BCUT2D eigenvalue weighted by molar-refractivity contribution is -0.385. The van der Waals surface area contributed by atoms with Crippen LogP contribution in [0, 0.1) is 22.0 Å². The van der Waals surface area contributed by atoms with Gasteiger partial charge in [0.25, 0.3) is 5.69 Å². The molecule has 4 nitrogen and oxygen atoms in total. The molecule has 0 atom stereocenters. The quantitative estimate of drug-likeness (QED) is 0.607. The van der Waals surface area contributed by atoms with Crippen molar-refractivity contribution < 1.29 is 4.92 Å². The lowest BCUT2D eigenvalue weighted by Gasteiger charge is -2.14. The Morgan fingerprint density at radius 1 is 1.30 bits per heavy atom.